The molecule has 0 unspecified atom stereocenters. The van der Waals surface area contributed by atoms with Crippen molar-refractivity contribution in [1.29, 1.82) is 0 Å². The number of nitrogens with zero attached hydrogens (tertiary/aromatic N) is 3. The molecule has 2 aromatic carbocycles. The number of imidazole rings is 1. The number of amides is 3. The van der Waals surface area contributed by atoms with Gasteiger partial charge in [0, 0.05) is 30.2 Å². The lowest BCUT2D eigenvalue weighted by Gasteiger charge is -2.14. The lowest BCUT2D eigenvalue weighted by atomic mass is 10.3. The van der Waals surface area contributed by atoms with Crippen LogP contribution in [-0.2, 0) is 4.79 Å². The molecule has 0 spiro atoms. The molecule has 3 heterocycles. The Morgan fingerprint density at radius 3 is 2.58 bits per heavy atom. The minimum absolute atomic E-state index is 0.0675. The standard InChI is InChI=1S/C24H20N6O6/c25-21(31)12-27-24(32)28-18-6-8-22(35-17-5-7-19-20(11-17)34-14-33-19)29-23(18)36-16-3-1-15(2-4-16)30-10-9-26-13-30/h1-11,13H,12,14H2,(H2,25,31)(H2,27,28,32). The molecule has 0 atom stereocenters. The molecule has 0 saturated heterocycles. The number of hydrogen-bond donors (Lipinski definition) is 3. The monoisotopic (exact) mass is 488 g/mol. The summed E-state index contributed by atoms with van der Waals surface area (Å²) in [6.45, 7) is -0.177. The molecule has 4 N–H and O–H groups in total. The van der Waals surface area contributed by atoms with Gasteiger partial charge in [0.2, 0.25) is 24.5 Å². The molecular weight excluding hydrogens is 468 g/mol. The van der Waals surface area contributed by atoms with Crippen LogP contribution in [0.5, 0.6) is 34.8 Å². The Kier molecular flexibility index (Phi) is 6.21. The minimum atomic E-state index is -0.676. The molecule has 4 aromatic rings. The fourth-order valence-corrected chi connectivity index (χ4v) is 3.26. The van der Waals surface area contributed by atoms with E-state index < -0.39 is 11.9 Å². The van der Waals surface area contributed by atoms with Crippen molar-refractivity contribution in [3.05, 3.63) is 73.3 Å². The molecule has 36 heavy (non-hydrogen) atoms. The maximum absolute atomic E-state index is 12.2. The Hall–Kier alpha value is -5.26. The highest BCUT2D eigenvalue weighted by Crippen LogP contribution is 2.37. The third kappa shape index (κ3) is 5.28. The van der Waals surface area contributed by atoms with Gasteiger partial charge in [-0.1, -0.05) is 0 Å². The summed E-state index contributed by atoms with van der Waals surface area (Å²) < 4.78 is 24.4. The Morgan fingerprint density at radius 2 is 1.81 bits per heavy atom. The molecule has 0 bridgehead atoms. The molecule has 0 radical (unpaired) electrons. The second kappa shape index (κ2) is 9.93. The van der Waals surface area contributed by atoms with Crippen LogP contribution in [0.2, 0.25) is 0 Å². The summed E-state index contributed by atoms with van der Waals surface area (Å²) in [6, 6.07) is 14.8. The lowest BCUT2D eigenvalue weighted by molar-refractivity contribution is -0.117. The predicted molar refractivity (Wildman–Crippen MR) is 127 cm³/mol. The first-order valence-electron chi connectivity index (χ1n) is 10.7. The smallest absolute Gasteiger partial charge is 0.319 e. The Labute approximate surface area is 204 Å². The number of ether oxygens (including phenoxy) is 4. The van der Waals surface area contributed by atoms with Gasteiger partial charge in [-0.05, 0) is 42.5 Å². The van der Waals surface area contributed by atoms with E-state index in [1.54, 1.807) is 55.0 Å². The topological polar surface area (TPSA) is 152 Å². The molecule has 12 nitrogen and oxygen atoms in total. The van der Waals surface area contributed by atoms with Crippen molar-refractivity contribution in [2.45, 2.75) is 0 Å². The van der Waals surface area contributed by atoms with Crippen molar-refractivity contribution in [2.75, 3.05) is 18.7 Å². The van der Waals surface area contributed by atoms with E-state index in [-0.39, 0.29) is 30.8 Å². The van der Waals surface area contributed by atoms with Gasteiger partial charge in [-0.15, -0.1) is 0 Å². The second-order valence-corrected chi connectivity index (χ2v) is 7.46. The maximum Gasteiger partial charge on any atom is 0.319 e. The molecule has 5 rings (SSSR count). The number of carbonyl (C=O) groups is 2. The molecule has 0 aliphatic carbocycles. The van der Waals surface area contributed by atoms with Crippen LogP contribution in [-0.4, -0.2) is 39.8 Å². The van der Waals surface area contributed by atoms with Gasteiger partial charge < -0.3 is 39.9 Å². The number of nitrogens with one attached hydrogen (secondary N) is 2. The summed E-state index contributed by atoms with van der Waals surface area (Å²) in [5.74, 6) is 1.73. The van der Waals surface area contributed by atoms with Crippen molar-refractivity contribution in [3.8, 4) is 40.4 Å². The van der Waals surface area contributed by atoms with Gasteiger partial charge in [-0.2, -0.15) is 4.98 Å². The predicted octanol–water partition coefficient (Wildman–Crippen LogP) is 3.19. The van der Waals surface area contributed by atoms with Gasteiger partial charge in [0.1, 0.15) is 17.2 Å². The summed E-state index contributed by atoms with van der Waals surface area (Å²) >= 11 is 0. The number of rotatable bonds is 8. The molecule has 1 aliphatic rings. The van der Waals surface area contributed by atoms with E-state index in [0.717, 1.165) is 5.69 Å². The van der Waals surface area contributed by atoms with Crippen molar-refractivity contribution >= 4 is 17.6 Å². The lowest BCUT2D eigenvalue weighted by Crippen LogP contribution is -2.36. The van der Waals surface area contributed by atoms with Crippen LogP contribution >= 0.6 is 0 Å². The number of fused-ring (bicyclic) bond motifs is 1. The molecule has 3 amide bonds. The first kappa shape index (κ1) is 22.5. The van der Waals surface area contributed by atoms with Crippen LogP contribution in [0.25, 0.3) is 5.69 Å². The van der Waals surface area contributed by atoms with Crippen molar-refractivity contribution in [3.63, 3.8) is 0 Å². The second-order valence-electron chi connectivity index (χ2n) is 7.46. The van der Waals surface area contributed by atoms with E-state index >= 15 is 0 Å². The first-order chi connectivity index (χ1) is 17.5. The van der Waals surface area contributed by atoms with Gasteiger partial charge >= 0.3 is 6.03 Å². The highest BCUT2D eigenvalue weighted by molar-refractivity contribution is 5.93. The third-order valence-electron chi connectivity index (χ3n) is 4.93. The third-order valence-corrected chi connectivity index (χ3v) is 4.93. The van der Waals surface area contributed by atoms with Crippen LogP contribution in [0, 0.1) is 0 Å². The average Bonchev–Trinajstić information content (AvgIpc) is 3.57. The zero-order chi connectivity index (χ0) is 24.9. The van der Waals surface area contributed by atoms with Gasteiger partial charge in [0.25, 0.3) is 0 Å². The van der Waals surface area contributed by atoms with Gasteiger partial charge in [-0.3, -0.25) is 4.79 Å². The molecule has 182 valence electrons. The number of carbonyl (C=O) groups excluding carboxylic acids is 2. The Balaban J connectivity index is 1.38. The highest BCUT2D eigenvalue weighted by atomic mass is 16.7. The fraction of sp³-hybridized carbons (Fsp3) is 0.0833. The van der Waals surface area contributed by atoms with E-state index in [2.05, 4.69) is 20.6 Å². The average molecular weight is 488 g/mol. The minimum Gasteiger partial charge on any atom is -0.454 e. The summed E-state index contributed by atoms with van der Waals surface area (Å²) in [6.07, 6.45) is 5.18. The summed E-state index contributed by atoms with van der Waals surface area (Å²) in [5, 5.41) is 4.94. The normalized spacial score (nSPS) is 11.6. The number of urea groups is 1. The van der Waals surface area contributed by atoms with Crippen LogP contribution in [0.15, 0.2) is 73.3 Å². The number of hydrogen-bond acceptors (Lipinski definition) is 8. The van der Waals surface area contributed by atoms with E-state index in [1.165, 1.54) is 0 Å². The van der Waals surface area contributed by atoms with Crippen LogP contribution in [0.4, 0.5) is 10.5 Å². The molecular formula is C24H20N6O6. The largest absolute Gasteiger partial charge is 0.454 e. The number of primary amides is 1. The maximum atomic E-state index is 12.2. The number of pyridine rings is 1. The van der Waals surface area contributed by atoms with Crippen LogP contribution < -0.4 is 35.3 Å². The van der Waals surface area contributed by atoms with Crippen molar-refractivity contribution < 1.29 is 28.5 Å². The molecule has 0 saturated carbocycles. The van der Waals surface area contributed by atoms with Crippen LogP contribution in [0.1, 0.15) is 0 Å². The SMILES string of the molecule is NC(=O)CNC(=O)Nc1ccc(Oc2ccc3c(c2)OCO3)nc1Oc1ccc(-n2ccnc2)cc1. The summed E-state index contributed by atoms with van der Waals surface area (Å²) in [7, 11) is 0. The first-order valence-corrected chi connectivity index (χ1v) is 10.7. The summed E-state index contributed by atoms with van der Waals surface area (Å²) in [4.78, 5) is 31.6. The van der Waals surface area contributed by atoms with Gasteiger partial charge in [0.15, 0.2) is 11.5 Å². The number of benzene rings is 2. The molecule has 12 heteroatoms. The van der Waals surface area contributed by atoms with Gasteiger partial charge in [0.05, 0.1) is 12.9 Å². The molecule has 0 fully saturated rings. The number of nitrogens with two attached hydrogens (primary N) is 1. The van der Waals surface area contributed by atoms with E-state index in [1.807, 2.05) is 22.9 Å². The van der Waals surface area contributed by atoms with E-state index in [4.69, 9.17) is 24.7 Å². The zero-order valence-electron chi connectivity index (χ0n) is 18.7. The highest BCUT2D eigenvalue weighted by Gasteiger charge is 2.16. The van der Waals surface area contributed by atoms with Crippen molar-refractivity contribution in [1.82, 2.24) is 19.9 Å². The fourth-order valence-electron chi connectivity index (χ4n) is 3.26. The zero-order valence-corrected chi connectivity index (χ0v) is 18.7. The summed E-state index contributed by atoms with van der Waals surface area (Å²) in [5.41, 5.74) is 6.21. The quantitative estimate of drug-likeness (QED) is 0.342. The molecule has 1 aliphatic heterocycles. The molecule has 2 aromatic heterocycles. The Morgan fingerprint density at radius 1 is 1.00 bits per heavy atom. The van der Waals surface area contributed by atoms with Crippen molar-refractivity contribution in [2.24, 2.45) is 5.73 Å². The number of anilines is 1. The Bertz CT molecular complexity index is 1390. The van der Waals surface area contributed by atoms with E-state index in [0.29, 0.717) is 23.0 Å². The van der Waals surface area contributed by atoms with E-state index in [9.17, 15) is 9.59 Å². The van der Waals surface area contributed by atoms with Crippen LogP contribution in [0.3, 0.4) is 0 Å². The number of aromatic nitrogens is 3. The van der Waals surface area contributed by atoms with Gasteiger partial charge in [-0.25, -0.2) is 9.78 Å².